The third-order valence-corrected chi connectivity index (χ3v) is 3.50. The lowest BCUT2D eigenvalue weighted by Gasteiger charge is -2.15. The van der Waals surface area contributed by atoms with Gasteiger partial charge in [0.2, 0.25) is 0 Å². The van der Waals surface area contributed by atoms with E-state index in [-0.39, 0.29) is 5.75 Å². The zero-order valence-corrected chi connectivity index (χ0v) is 13.6. The van der Waals surface area contributed by atoms with Gasteiger partial charge in [-0.3, -0.25) is 4.79 Å². The molecule has 0 saturated carbocycles. The summed E-state index contributed by atoms with van der Waals surface area (Å²) in [5.41, 5.74) is 0.805. The molecule has 1 atom stereocenters. The number of rotatable bonds is 4. The van der Waals surface area contributed by atoms with E-state index in [9.17, 15) is 13.6 Å². The van der Waals surface area contributed by atoms with Crippen molar-refractivity contribution in [2.24, 2.45) is 0 Å². The molecule has 2 aromatic rings. The number of aryl methyl sites for hydroxylation is 1. The van der Waals surface area contributed by atoms with E-state index in [0.717, 1.165) is 0 Å². The number of hydrogen-bond donors (Lipinski definition) is 1. The Balaban J connectivity index is 2.04. The van der Waals surface area contributed by atoms with Crippen molar-refractivity contribution in [2.75, 3.05) is 5.32 Å². The molecule has 0 fully saturated rings. The standard InChI is InChI=1S/C16H14BrF2NO2/c1-9-3-5-12(8-13(9)18)20-16(21)10(2)22-15-6-4-11(17)7-14(15)19/h3-8,10H,1-2H3,(H,20,21)/t10-/m1/s1. The van der Waals surface area contributed by atoms with Crippen molar-refractivity contribution in [3.63, 3.8) is 0 Å². The zero-order valence-electron chi connectivity index (χ0n) is 12.0. The summed E-state index contributed by atoms with van der Waals surface area (Å²) in [6, 6.07) is 8.65. The number of halogens is 3. The van der Waals surface area contributed by atoms with Crippen LogP contribution in [0.1, 0.15) is 12.5 Å². The van der Waals surface area contributed by atoms with Crippen molar-refractivity contribution in [1.82, 2.24) is 0 Å². The van der Waals surface area contributed by atoms with Crippen LogP contribution in [0.3, 0.4) is 0 Å². The number of benzene rings is 2. The predicted octanol–water partition coefficient (Wildman–Crippen LogP) is 4.44. The van der Waals surface area contributed by atoms with Crippen LogP contribution in [0.5, 0.6) is 5.75 Å². The van der Waals surface area contributed by atoms with E-state index in [1.54, 1.807) is 25.1 Å². The summed E-state index contributed by atoms with van der Waals surface area (Å²) in [4.78, 5) is 12.0. The molecule has 0 saturated heterocycles. The summed E-state index contributed by atoms with van der Waals surface area (Å²) < 4.78 is 33.0. The Morgan fingerprint density at radius 3 is 2.55 bits per heavy atom. The maximum absolute atomic E-state index is 13.7. The van der Waals surface area contributed by atoms with Crippen LogP contribution in [0.4, 0.5) is 14.5 Å². The number of nitrogens with one attached hydrogen (secondary N) is 1. The first-order valence-electron chi connectivity index (χ1n) is 6.55. The lowest BCUT2D eigenvalue weighted by Crippen LogP contribution is -2.30. The number of anilines is 1. The van der Waals surface area contributed by atoms with Crippen molar-refractivity contribution in [2.45, 2.75) is 20.0 Å². The van der Waals surface area contributed by atoms with Gasteiger partial charge in [-0.1, -0.05) is 22.0 Å². The fourth-order valence-corrected chi connectivity index (χ4v) is 2.06. The molecule has 1 N–H and O–H groups in total. The molecule has 116 valence electrons. The average Bonchev–Trinajstić information content (AvgIpc) is 2.45. The largest absolute Gasteiger partial charge is 0.478 e. The molecule has 2 rings (SSSR count). The van der Waals surface area contributed by atoms with Crippen LogP contribution >= 0.6 is 15.9 Å². The molecule has 3 nitrogen and oxygen atoms in total. The molecular weight excluding hydrogens is 356 g/mol. The van der Waals surface area contributed by atoms with Crippen LogP contribution in [0.25, 0.3) is 0 Å². The smallest absolute Gasteiger partial charge is 0.265 e. The van der Waals surface area contributed by atoms with E-state index in [1.165, 1.54) is 25.1 Å². The van der Waals surface area contributed by atoms with Gasteiger partial charge in [0, 0.05) is 10.2 Å². The number of amides is 1. The number of carbonyl (C=O) groups excluding carboxylic acids is 1. The molecule has 0 aliphatic carbocycles. The van der Waals surface area contributed by atoms with Crippen molar-refractivity contribution in [3.8, 4) is 5.75 Å². The van der Waals surface area contributed by atoms with Crippen LogP contribution in [-0.2, 0) is 4.79 Å². The molecular formula is C16H14BrF2NO2. The van der Waals surface area contributed by atoms with Crippen molar-refractivity contribution in [1.29, 1.82) is 0 Å². The van der Waals surface area contributed by atoms with Crippen LogP contribution in [-0.4, -0.2) is 12.0 Å². The Morgan fingerprint density at radius 2 is 1.91 bits per heavy atom. The summed E-state index contributed by atoms with van der Waals surface area (Å²) in [6.45, 7) is 3.12. The molecule has 2 aromatic carbocycles. The minimum Gasteiger partial charge on any atom is -0.478 e. The quantitative estimate of drug-likeness (QED) is 0.864. The topological polar surface area (TPSA) is 38.3 Å². The number of hydrogen-bond acceptors (Lipinski definition) is 2. The van der Waals surface area contributed by atoms with E-state index >= 15 is 0 Å². The van der Waals surface area contributed by atoms with Gasteiger partial charge in [-0.05, 0) is 49.7 Å². The molecule has 0 aliphatic heterocycles. The van der Waals surface area contributed by atoms with Crippen molar-refractivity contribution < 1.29 is 18.3 Å². The molecule has 0 bridgehead atoms. The first-order chi connectivity index (χ1) is 10.4. The molecule has 22 heavy (non-hydrogen) atoms. The van der Waals surface area contributed by atoms with Gasteiger partial charge < -0.3 is 10.1 Å². The highest BCUT2D eigenvalue weighted by atomic mass is 79.9. The lowest BCUT2D eigenvalue weighted by atomic mass is 10.2. The van der Waals surface area contributed by atoms with Gasteiger partial charge in [-0.2, -0.15) is 0 Å². The second kappa shape index (κ2) is 6.87. The van der Waals surface area contributed by atoms with Crippen LogP contribution in [0.15, 0.2) is 40.9 Å². The molecule has 1 amide bonds. The van der Waals surface area contributed by atoms with E-state index in [4.69, 9.17) is 4.74 Å². The highest BCUT2D eigenvalue weighted by Crippen LogP contribution is 2.23. The normalized spacial score (nSPS) is 11.9. The Morgan fingerprint density at radius 1 is 1.18 bits per heavy atom. The van der Waals surface area contributed by atoms with Gasteiger partial charge in [0.15, 0.2) is 17.7 Å². The van der Waals surface area contributed by atoms with Gasteiger partial charge in [-0.25, -0.2) is 8.78 Å². The highest BCUT2D eigenvalue weighted by molar-refractivity contribution is 9.10. The molecule has 0 radical (unpaired) electrons. The Hall–Kier alpha value is -1.95. The van der Waals surface area contributed by atoms with Gasteiger partial charge in [0.05, 0.1) is 0 Å². The highest BCUT2D eigenvalue weighted by Gasteiger charge is 2.17. The molecule has 0 aromatic heterocycles. The molecule has 0 heterocycles. The predicted molar refractivity (Wildman–Crippen MR) is 84.0 cm³/mol. The van der Waals surface area contributed by atoms with Crippen LogP contribution < -0.4 is 10.1 Å². The molecule has 0 spiro atoms. The Labute approximate surface area is 135 Å². The van der Waals surface area contributed by atoms with Gasteiger partial charge >= 0.3 is 0 Å². The minimum absolute atomic E-state index is 0.0269. The summed E-state index contributed by atoms with van der Waals surface area (Å²) >= 11 is 3.14. The first kappa shape index (κ1) is 16.4. The van der Waals surface area contributed by atoms with E-state index in [0.29, 0.717) is 15.7 Å². The second-order valence-corrected chi connectivity index (χ2v) is 5.70. The summed E-state index contributed by atoms with van der Waals surface area (Å²) in [6.07, 6.45) is -0.931. The molecule has 0 unspecified atom stereocenters. The number of ether oxygens (including phenoxy) is 1. The fourth-order valence-electron chi connectivity index (χ4n) is 1.73. The average molecular weight is 370 g/mol. The van der Waals surface area contributed by atoms with E-state index in [2.05, 4.69) is 21.2 Å². The minimum atomic E-state index is -0.931. The summed E-state index contributed by atoms with van der Waals surface area (Å²) in [7, 11) is 0. The van der Waals surface area contributed by atoms with Gasteiger partial charge in [0.1, 0.15) is 5.82 Å². The molecule has 6 heteroatoms. The third-order valence-electron chi connectivity index (χ3n) is 3.01. The summed E-state index contributed by atoms with van der Waals surface area (Å²) in [5.74, 6) is -1.51. The monoisotopic (exact) mass is 369 g/mol. The van der Waals surface area contributed by atoms with E-state index < -0.39 is 23.6 Å². The van der Waals surface area contributed by atoms with Gasteiger partial charge in [0.25, 0.3) is 5.91 Å². The van der Waals surface area contributed by atoms with Crippen LogP contribution in [0.2, 0.25) is 0 Å². The number of carbonyl (C=O) groups is 1. The molecule has 0 aliphatic rings. The Kier molecular flexibility index (Phi) is 5.13. The third kappa shape index (κ3) is 4.04. The first-order valence-corrected chi connectivity index (χ1v) is 7.35. The zero-order chi connectivity index (χ0) is 16.3. The summed E-state index contributed by atoms with van der Waals surface area (Å²) in [5, 5.41) is 2.53. The van der Waals surface area contributed by atoms with E-state index in [1.807, 2.05) is 0 Å². The van der Waals surface area contributed by atoms with Crippen LogP contribution in [0, 0.1) is 18.6 Å². The SMILES string of the molecule is Cc1ccc(NC(=O)[C@@H](C)Oc2ccc(Br)cc2F)cc1F. The van der Waals surface area contributed by atoms with Crippen molar-refractivity contribution in [3.05, 3.63) is 58.1 Å². The fraction of sp³-hybridized carbons (Fsp3) is 0.188. The second-order valence-electron chi connectivity index (χ2n) is 4.79. The van der Waals surface area contributed by atoms with Crippen molar-refractivity contribution >= 4 is 27.5 Å². The maximum atomic E-state index is 13.7. The maximum Gasteiger partial charge on any atom is 0.265 e. The lowest BCUT2D eigenvalue weighted by molar-refractivity contribution is -0.122. The Bertz CT molecular complexity index is 707. The van der Waals surface area contributed by atoms with Gasteiger partial charge in [-0.15, -0.1) is 0 Å².